The van der Waals surface area contributed by atoms with Crippen molar-refractivity contribution in [1.82, 2.24) is 9.80 Å². The monoisotopic (exact) mass is 556 g/mol. The van der Waals surface area contributed by atoms with Crippen LogP contribution in [0.15, 0.2) is 48.0 Å². The highest BCUT2D eigenvalue weighted by Crippen LogP contribution is 2.66. The summed E-state index contributed by atoms with van der Waals surface area (Å²) in [6.07, 6.45) is 0.529. The molecule has 2 aliphatic heterocycles. The Hall–Kier alpha value is -3.43. The van der Waals surface area contributed by atoms with E-state index >= 15 is 0 Å². The van der Waals surface area contributed by atoms with Gasteiger partial charge in [-0.2, -0.15) is 4.90 Å². The van der Waals surface area contributed by atoms with Crippen LogP contribution in [-0.2, 0) is 23.9 Å². The summed E-state index contributed by atoms with van der Waals surface area (Å²) in [7, 11) is 2.37. The van der Waals surface area contributed by atoms with Gasteiger partial charge in [-0.1, -0.05) is 42.0 Å². The molecule has 5 amide bonds. The van der Waals surface area contributed by atoms with Crippen LogP contribution in [0, 0.1) is 17.8 Å². The number of amides is 5. The third kappa shape index (κ3) is 2.81. The number of methoxy groups -OCH3 is 1. The number of alkyl halides is 2. The minimum absolute atomic E-state index is 0.0941. The lowest BCUT2D eigenvalue weighted by molar-refractivity contribution is -0.139. The van der Waals surface area contributed by atoms with Crippen LogP contribution in [0.5, 0.6) is 5.75 Å². The van der Waals surface area contributed by atoms with Crippen molar-refractivity contribution in [3.63, 3.8) is 0 Å². The van der Waals surface area contributed by atoms with Gasteiger partial charge in [0.1, 0.15) is 5.75 Å². The van der Waals surface area contributed by atoms with E-state index in [9.17, 15) is 29.1 Å². The number of carbonyl (C=O) groups excluding carboxylic acids is 5. The molecule has 4 aliphatic rings. The summed E-state index contributed by atoms with van der Waals surface area (Å²) in [5.41, 5.74) is 0.823. The molecule has 2 heterocycles. The Morgan fingerprint density at radius 2 is 1.74 bits per heavy atom. The topological polar surface area (TPSA) is 121 Å². The van der Waals surface area contributed by atoms with Gasteiger partial charge in [0.25, 0.3) is 11.8 Å². The molecule has 196 valence electrons. The molecule has 2 saturated heterocycles. The molecule has 0 spiro atoms. The van der Waals surface area contributed by atoms with Gasteiger partial charge in [0.05, 0.1) is 18.9 Å². The number of allylic oxidation sites excluding steroid dienone is 2. The molecule has 0 unspecified atom stereocenters. The van der Waals surface area contributed by atoms with Crippen molar-refractivity contribution in [2.75, 3.05) is 14.2 Å². The molecule has 38 heavy (non-hydrogen) atoms. The predicted octanol–water partition coefficient (Wildman–Crippen LogP) is 3.30. The number of likely N-dealkylation sites (tertiary alicyclic amines) is 2. The molecule has 0 bridgehead atoms. The molecule has 6 atom stereocenters. The summed E-state index contributed by atoms with van der Waals surface area (Å²) in [5, 5.41) is 12.5. The van der Waals surface area contributed by atoms with E-state index in [1.54, 1.807) is 24.3 Å². The molecule has 0 aromatic heterocycles. The van der Waals surface area contributed by atoms with E-state index < -0.39 is 63.1 Å². The Balaban J connectivity index is 1.62. The first-order valence-electron chi connectivity index (χ1n) is 12.1. The third-order valence-electron chi connectivity index (χ3n) is 8.61. The highest BCUT2D eigenvalue weighted by molar-refractivity contribution is 6.53. The number of benzene rings is 2. The fourth-order valence-electron chi connectivity index (χ4n) is 6.92. The maximum atomic E-state index is 13.7. The number of phenolic OH excluding ortho intramolecular Hbond substituents is 1. The first-order chi connectivity index (χ1) is 18.0. The number of ether oxygens (including phenoxy) is 1. The van der Waals surface area contributed by atoms with Gasteiger partial charge in [-0.3, -0.25) is 24.1 Å². The summed E-state index contributed by atoms with van der Waals surface area (Å²) < 4.78 is 4.66. The number of phenols is 1. The summed E-state index contributed by atoms with van der Waals surface area (Å²) >= 11 is 14.3. The number of rotatable bonds is 1. The van der Waals surface area contributed by atoms with Crippen molar-refractivity contribution in [3.05, 3.63) is 53.6 Å². The Kier molecular flexibility index (Phi) is 5.26. The van der Waals surface area contributed by atoms with Crippen LogP contribution in [0.1, 0.15) is 24.3 Å². The average molecular weight is 557 g/mol. The summed E-state index contributed by atoms with van der Waals surface area (Å²) in [5.74, 6) is -6.86. The Bertz CT molecular complexity index is 1520. The van der Waals surface area contributed by atoms with Crippen molar-refractivity contribution in [3.8, 4) is 5.75 Å². The van der Waals surface area contributed by atoms with E-state index in [2.05, 4.69) is 4.74 Å². The van der Waals surface area contributed by atoms with Gasteiger partial charge in [0.15, 0.2) is 9.75 Å². The van der Waals surface area contributed by atoms with Crippen LogP contribution in [0.2, 0.25) is 0 Å². The van der Waals surface area contributed by atoms with E-state index in [4.69, 9.17) is 23.2 Å². The largest absolute Gasteiger partial charge is 0.508 e. The van der Waals surface area contributed by atoms with Crippen LogP contribution in [0.3, 0.4) is 0 Å². The summed E-state index contributed by atoms with van der Waals surface area (Å²) in [4.78, 5) is 63.5. The number of hydrogen-bond donors (Lipinski definition) is 1. The molecule has 1 saturated carbocycles. The summed E-state index contributed by atoms with van der Waals surface area (Å²) in [6, 6.07) is 10.4. The molecule has 3 fully saturated rings. The highest BCUT2D eigenvalue weighted by atomic mass is 35.5. The lowest BCUT2D eigenvalue weighted by Crippen LogP contribution is -2.60. The normalized spacial score (nSPS) is 34.3. The van der Waals surface area contributed by atoms with Crippen LogP contribution >= 0.6 is 23.2 Å². The van der Waals surface area contributed by atoms with Gasteiger partial charge in [-0.15, -0.1) is 23.2 Å². The lowest BCUT2D eigenvalue weighted by atomic mass is 9.56. The molecule has 2 aliphatic carbocycles. The first kappa shape index (κ1) is 24.9. The number of imide groups is 4. The minimum atomic E-state index is -2.02. The molecule has 2 aromatic carbocycles. The van der Waals surface area contributed by atoms with Gasteiger partial charge in [0.2, 0.25) is 11.8 Å². The number of aromatic hydroxyl groups is 1. The number of nitrogens with zero attached hydrogens (tertiary/aromatic N) is 2. The maximum absolute atomic E-state index is 13.7. The Morgan fingerprint density at radius 3 is 2.45 bits per heavy atom. The molecule has 9 nitrogen and oxygen atoms in total. The van der Waals surface area contributed by atoms with Crippen molar-refractivity contribution in [1.29, 1.82) is 0 Å². The number of fused-ring (bicyclic) bond motifs is 5. The van der Waals surface area contributed by atoms with Gasteiger partial charge >= 0.3 is 6.09 Å². The molecule has 1 N–H and O–H groups in total. The van der Waals surface area contributed by atoms with E-state index in [0.29, 0.717) is 21.4 Å². The van der Waals surface area contributed by atoms with Crippen molar-refractivity contribution in [2.24, 2.45) is 17.8 Å². The van der Waals surface area contributed by atoms with E-state index in [0.717, 1.165) is 17.4 Å². The zero-order valence-electron chi connectivity index (χ0n) is 20.3. The van der Waals surface area contributed by atoms with Crippen molar-refractivity contribution < 1.29 is 33.8 Å². The predicted molar refractivity (Wildman–Crippen MR) is 135 cm³/mol. The van der Waals surface area contributed by atoms with E-state index in [-0.39, 0.29) is 18.6 Å². The van der Waals surface area contributed by atoms with Crippen LogP contribution in [0.25, 0.3) is 10.8 Å². The standard InChI is InChI=1S/C27H22Cl2N2O7/c1-30-23(35)26(28)11-16-14(8-9-15-18(16)22(34)31(21(15)33)25(37)38-2)20(27(26,29)24(30)36)19-13-6-4-3-5-12(13)7-10-17(19)32/h3-8,10,15-16,18,20,32H,9,11H2,1-2H3/t15-,16+,18-,20+,26+,27-/m0/s1. The Morgan fingerprint density at radius 1 is 1.03 bits per heavy atom. The molecular weight excluding hydrogens is 535 g/mol. The quantitative estimate of drug-likeness (QED) is 0.325. The van der Waals surface area contributed by atoms with E-state index in [1.807, 2.05) is 12.1 Å². The van der Waals surface area contributed by atoms with Crippen LogP contribution in [-0.4, -0.2) is 68.5 Å². The smallest absolute Gasteiger partial charge is 0.423 e. The van der Waals surface area contributed by atoms with Crippen molar-refractivity contribution >= 4 is 63.7 Å². The molecule has 2 aromatic rings. The highest BCUT2D eigenvalue weighted by Gasteiger charge is 2.76. The van der Waals surface area contributed by atoms with Gasteiger partial charge in [-0.05, 0) is 35.6 Å². The zero-order valence-corrected chi connectivity index (χ0v) is 21.8. The maximum Gasteiger partial charge on any atom is 0.423 e. The van der Waals surface area contributed by atoms with Gasteiger partial charge in [0, 0.05) is 18.5 Å². The second-order valence-corrected chi connectivity index (χ2v) is 11.4. The van der Waals surface area contributed by atoms with Crippen molar-refractivity contribution in [2.45, 2.75) is 28.5 Å². The van der Waals surface area contributed by atoms with Crippen LogP contribution < -0.4 is 0 Å². The van der Waals surface area contributed by atoms with Gasteiger partial charge in [-0.25, -0.2) is 4.79 Å². The van der Waals surface area contributed by atoms with E-state index in [1.165, 1.54) is 13.1 Å². The fraction of sp³-hybridized carbons (Fsp3) is 0.370. The van der Waals surface area contributed by atoms with Crippen LogP contribution in [0.4, 0.5) is 4.79 Å². The average Bonchev–Trinajstić information content (AvgIpc) is 3.24. The second kappa shape index (κ2) is 8.04. The van der Waals surface area contributed by atoms with Gasteiger partial charge < -0.3 is 9.84 Å². The fourth-order valence-corrected chi connectivity index (χ4v) is 7.92. The molecule has 11 heteroatoms. The second-order valence-electron chi connectivity index (χ2n) is 10.2. The summed E-state index contributed by atoms with van der Waals surface area (Å²) in [6.45, 7) is 0. The SMILES string of the molecule is COC(=O)N1C(=O)[C@H]2[C@H](CC=C3[C@H]2C[C@@]2(Cl)C(=O)N(C)C(=O)[C@@]2(Cl)[C@H]3c2c(O)ccc3ccccc23)C1=O. The Labute approximate surface area is 226 Å². The number of hydrogen-bond acceptors (Lipinski definition) is 7. The minimum Gasteiger partial charge on any atom is -0.508 e. The molecule has 0 radical (unpaired) electrons. The molecular formula is C27H22Cl2N2O7. The first-order valence-corrected chi connectivity index (χ1v) is 12.8. The lowest BCUT2D eigenvalue weighted by Gasteiger charge is -2.51. The molecule has 6 rings (SSSR count). The zero-order chi connectivity index (χ0) is 27.3. The third-order valence-corrected chi connectivity index (χ3v) is 10.0. The number of carbonyl (C=O) groups is 5. The number of halogens is 2.